The molecule has 2 nitrogen and oxygen atoms in total. The van der Waals surface area contributed by atoms with Gasteiger partial charge in [0, 0.05) is 5.69 Å². The molecule has 2 aromatic carbocycles. The van der Waals surface area contributed by atoms with Gasteiger partial charge in [0.05, 0.1) is 11.0 Å². The molecule has 3 aromatic rings. The van der Waals surface area contributed by atoms with E-state index < -0.39 is 0 Å². The minimum atomic E-state index is -0.202. The third-order valence-electron chi connectivity index (χ3n) is 3.31. The van der Waals surface area contributed by atoms with E-state index >= 15 is 0 Å². The Morgan fingerprint density at radius 1 is 1.11 bits per heavy atom. The molecule has 0 saturated carbocycles. The van der Waals surface area contributed by atoms with E-state index in [1.165, 1.54) is 6.07 Å². The predicted molar refractivity (Wildman–Crippen MR) is 77.9 cm³/mol. The highest BCUT2D eigenvalue weighted by molar-refractivity contribution is 7.71. The summed E-state index contributed by atoms with van der Waals surface area (Å²) in [5, 5.41) is 0. The fraction of sp³-hybridized carbons (Fsp3) is 0.133. The van der Waals surface area contributed by atoms with Gasteiger partial charge in [-0.3, -0.25) is 4.57 Å². The highest BCUT2D eigenvalue weighted by Gasteiger charge is 2.09. The fourth-order valence-corrected chi connectivity index (χ4v) is 2.65. The number of hydrogen-bond donors (Lipinski definition) is 1. The second-order valence-electron chi connectivity index (χ2n) is 4.67. The second kappa shape index (κ2) is 4.31. The standard InChI is InChI=1S/C15H13FN2S/c1-9-4-3-5-13-14(9)18(15(19)17-13)11-6-7-12(16)10(2)8-11/h3-8H,1-2H3,(H,17,19). The molecule has 1 heterocycles. The molecule has 0 spiro atoms. The number of hydrogen-bond acceptors (Lipinski definition) is 1. The first-order valence-corrected chi connectivity index (χ1v) is 6.45. The Morgan fingerprint density at radius 3 is 2.63 bits per heavy atom. The molecule has 0 radical (unpaired) electrons. The van der Waals surface area contributed by atoms with Crippen molar-refractivity contribution in [3.05, 3.63) is 58.1 Å². The van der Waals surface area contributed by atoms with Gasteiger partial charge in [-0.1, -0.05) is 12.1 Å². The molecular weight excluding hydrogens is 259 g/mol. The molecule has 19 heavy (non-hydrogen) atoms. The maximum atomic E-state index is 13.4. The highest BCUT2D eigenvalue weighted by atomic mass is 32.1. The molecule has 0 fully saturated rings. The van der Waals surface area contributed by atoms with Gasteiger partial charge in [-0.25, -0.2) is 4.39 Å². The number of rotatable bonds is 1. The molecule has 0 amide bonds. The smallest absolute Gasteiger partial charge is 0.182 e. The van der Waals surface area contributed by atoms with Gasteiger partial charge in [0.25, 0.3) is 0 Å². The molecule has 0 aliphatic carbocycles. The normalized spacial score (nSPS) is 11.1. The van der Waals surface area contributed by atoms with Crippen LogP contribution in [0.25, 0.3) is 16.7 Å². The number of halogens is 1. The Kier molecular flexibility index (Phi) is 2.75. The van der Waals surface area contributed by atoms with E-state index in [0.717, 1.165) is 22.3 Å². The van der Waals surface area contributed by atoms with Crippen LogP contribution in [0.5, 0.6) is 0 Å². The molecule has 0 atom stereocenters. The summed E-state index contributed by atoms with van der Waals surface area (Å²) in [5.74, 6) is -0.202. The van der Waals surface area contributed by atoms with E-state index in [1.54, 1.807) is 13.0 Å². The summed E-state index contributed by atoms with van der Waals surface area (Å²) >= 11 is 5.38. The van der Waals surface area contributed by atoms with Gasteiger partial charge in [-0.2, -0.15) is 0 Å². The summed E-state index contributed by atoms with van der Waals surface area (Å²) < 4.78 is 16.0. The van der Waals surface area contributed by atoms with Crippen molar-refractivity contribution in [2.24, 2.45) is 0 Å². The van der Waals surface area contributed by atoms with Crippen LogP contribution in [0, 0.1) is 24.4 Å². The van der Waals surface area contributed by atoms with Crippen LogP contribution < -0.4 is 0 Å². The highest BCUT2D eigenvalue weighted by Crippen LogP contribution is 2.23. The van der Waals surface area contributed by atoms with Crippen LogP contribution in [0.4, 0.5) is 4.39 Å². The first kappa shape index (κ1) is 12.1. The molecule has 0 bridgehead atoms. The zero-order valence-corrected chi connectivity index (χ0v) is 11.5. The lowest BCUT2D eigenvalue weighted by Gasteiger charge is -2.08. The van der Waals surface area contributed by atoms with Crippen molar-refractivity contribution in [1.82, 2.24) is 9.55 Å². The average molecular weight is 272 g/mol. The zero-order chi connectivity index (χ0) is 13.6. The Balaban J connectivity index is 2.39. The van der Waals surface area contributed by atoms with Crippen LogP contribution in [0.2, 0.25) is 0 Å². The number of H-pyrrole nitrogens is 1. The van der Waals surface area contributed by atoms with Crippen LogP contribution in [-0.4, -0.2) is 9.55 Å². The summed E-state index contributed by atoms with van der Waals surface area (Å²) in [4.78, 5) is 3.18. The third-order valence-corrected chi connectivity index (χ3v) is 3.59. The van der Waals surface area contributed by atoms with E-state index in [1.807, 2.05) is 35.8 Å². The minimum absolute atomic E-state index is 0.202. The number of aromatic nitrogens is 2. The van der Waals surface area contributed by atoms with Crippen molar-refractivity contribution in [1.29, 1.82) is 0 Å². The zero-order valence-electron chi connectivity index (χ0n) is 10.7. The molecule has 1 N–H and O–H groups in total. The van der Waals surface area contributed by atoms with E-state index in [9.17, 15) is 4.39 Å². The SMILES string of the molecule is Cc1cc(-n2c(=S)[nH]c3cccc(C)c32)ccc1F. The van der Waals surface area contributed by atoms with Gasteiger partial charge in [-0.05, 0) is 61.5 Å². The molecule has 96 valence electrons. The minimum Gasteiger partial charge on any atom is -0.330 e. The summed E-state index contributed by atoms with van der Waals surface area (Å²) in [6.45, 7) is 3.79. The summed E-state index contributed by atoms with van der Waals surface area (Å²) in [6.07, 6.45) is 0. The predicted octanol–water partition coefficient (Wildman–Crippen LogP) is 4.44. The number of nitrogens with one attached hydrogen (secondary N) is 1. The Labute approximate surface area is 115 Å². The van der Waals surface area contributed by atoms with Gasteiger partial charge >= 0.3 is 0 Å². The van der Waals surface area contributed by atoms with Crippen molar-refractivity contribution in [3.8, 4) is 5.69 Å². The van der Waals surface area contributed by atoms with Crippen LogP contribution in [0.1, 0.15) is 11.1 Å². The van der Waals surface area contributed by atoms with E-state index in [2.05, 4.69) is 4.98 Å². The summed E-state index contributed by atoms with van der Waals surface area (Å²) in [5.41, 5.74) is 4.66. The van der Waals surface area contributed by atoms with Crippen molar-refractivity contribution < 1.29 is 4.39 Å². The number of benzene rings is 2. The number of aryl methyl sites for hydroxylation is 2. The molecule has 4 heteroatoms. The molecule has 0 aliphatic heterocycles. The average Bonchev–Trinajstić information content (AvgIpc) is 2.70. The van der Waals surface area contributed by atoms with Crippen molar-refractivity contribution >= 4 is 23.3 Å². The number of imidazole rings is 1. The fourth-order valence-electron chi connectivity index (χ4n) is 2.34. The van der Waals surface area contributed by atoms with Crippen LogP contribution in [0.15, 0.2) is 36.4 Å². The van der Waals surface area contributed by atoms with Crippen LogP contribution in [-0.2, 0) is 0 Å². The summed E-state index contributed by atoms with van der Waals surface area (Å²) in [7, 11) is 0. The Morgan fingerprint density at radius 2 is 1.89 bits per heavy atom. The van der Waals surface area contributed by atoms with E-state index in [-0.39, 0.29) is 5.82 Å². The maximum absolute atomic E-state index is 13.4. The topological polar surface area (TPSA) is 20.7 Å². The molecule has 3 rings (SSSR count). The lowest BCUT2D eigenvalue weighted by molar-refractivity contribution is 0.618. The van der Waals surface area contributed by atoms with Crippen molar-refractivity contribution in [3.63, 3.8) is 0 Å². The number of para-hydroxylation sites is 1. The largest absolute Gasteiger partial charge is 0.330 e. The van der Waals surface area contributed by atoms with Crippen LogP contribution in [0.3, 0.4) is 0 Å². The Hall–Kier alpha value is -1.94. The number of aromatic amines is 1. The van der Waals surface area contributed by atoms with E-state index in [4.69, 9.17) is 12.2 Å². The summed E-state index contributed by atoms with van der Waals surface area (Å²) in [6, 6.07) is 11.1. The van der Waals surface area contributed by atoms with Gasteiger partial charge in [0.15, 0.2) is 4.77 Å². The van der Waals surface area contributed by atoms with E-state index in [0.29, 0.717) is 10.3 Å². The van der Waals surface area contributed by atoms with Crippen molar-refractivity contribution in [2.45, 2.75) is 13.8 Å². The second-order valence-corrected chi connectivity index (χ2v) is 5.06. The van der Waals surface area contributed by atoms with Gasteiger partial charge in [0.2, 0.25) is 0 Å². The Bertz CT molecular complexity index is 830. The molecule has 0 unspecified atom stereocenters. The van der Waals surface area contributed by atoms with Crippen molar-refractivity contribution in [2.75, 3.05) is 0 Å². The first-order chi connectivity index (χ1) is 9.08. The van der Waals surface area contributed by atoms with Crippen LogP contribution >= 0.6 is 12.2 Å². The third kappa shape index (κ3) is 1.88. The maximum Gasteiger partial charge on any atom is 0.182 e. The lowest BCUT2D eigenvalue weighted by Crippen LogP contribution is -1.97. The quantitative estimate of drug-likeness (QED) is 0.649. The molecular formula is C15H13FN2S. The number of nitrogens with zero attached hydrogens (tertiary/aromatic N) is 1. The monoisotopic (exact) mass is 272 g/mol. The molecule has 0 saturated heterocycles. The van der Waals surface area contributed by atoms with Gasteiger partial charge in [0.1, 0.15) is 5.82 Å². The number of fused-ring (bicyclic) bond motifs is 1. The molecule has 1 aromatic heterocycles. The van der Waals surface area contributed by atoms with Gasteiger partial charge in [-0.15, -0.1) is 0 Å². The van der Waals surface area contributed by atoms with Gasteiger partial charge < -0.3 is 4.98 Å². The molecule has 0 aliphatic rings. The lowest BCUT2D eigenvalue weighted by atomic mass is 10.2. The first-order valence-electron chi connectivity index (χ1n) is 6.05.